The molecule has 0 heterocycles. The summed E-state index contributed by atoms with van der Waals surface area (Å²) >= 11 is 0. The normalized spacial score (nSPS) is 13.5. The third kappa shape index (κ3) is 4.05. The van der Waals surface area contributed by atoms with E-state index in [1.54, 1.807) is 12.2 Å². The van der Waals surface area contributed by atoms with Crippen molar-refractivity contribution in [1.29, 1.82) is 0 Å². The molecule has 0 fully saturated rings. The van der Waals surface area contributed by atoms with Gasteiger partial charge in [-0.25, -0.2) is 8.42 Å². The van der Waals surface area contributed by atoms with E-state index in [-0.39, 0.29) is 10.8 Å². The van der Waals surface area contributed by atoms with E-state index in [0.717, 1.165) is 6.42 Å². The number of allylic oxidation sites excluding steroid dienone is 4. The van der Waals surface area contributed by atoms with Crippen molar-refractivity contribution in [1.82, 2.24) is 0 Å². The van der Waals surface area contributed by atoms with E-state index in [1.165, 1.54) is 12.2 Å². The number of sulfone groups is 1. The van der Waals surface area contributed by atoms with Crippen molar-refractivity contribution in [3.8, 4) is 0 Å². The molecule has 0 bridgehead atoms. The molecule has 0 atom stereocenters. The minimum absolute atomic E-state index is 0.215. The van der Waals surface area contributed by atoms with Gasteiger partial charge in [0.25, 0.3) is 0 Å². The van der Waals surface area contributed by atoms with Crippen molar-refractivity contribution in [2.75, 3.05) is 5.88 Å². The smallest absolute Gasteiger partial charge is 0.191 e. The Bertz CT molecular complexity index is 313. The molecule has 4 heteroatoms. The van der Waals surface area contributed by atoms with Gasteiger partial charge in [0.1, 0.15) is 5.88 Å². The zero-order chi connectivity index (χ0) is 10.3. The van der Waals surface area contributed by atoms with Gasteiger partial charge in [-0.1, -0.05) is 25.7 Å². The summed E-state index contributed by atoms with van der Waals surface area (Å²) in [6.45, 7) is 5.37. The molecule has 0 aromatic rings. The quantitative estimate of drug-likeness (QED) is 0.683. The summed E-state index contributed by atoms with van der Waals surface area (Å²) < 4.78 is 22.6. The molecule has 0 aliphatic rings. The fourth-order valence-electron chi connectivity index (χ4n) is 0.709. The van der Waals surface area contributed by atoms with Crippen LogP contribution in [0.15, 0.2) is 35.8 Å². The predicted octanol–water partition coefficient (Wildman–Crippen LogP) is 1.35. The van der Waals surface area contributed by atoms with E-state index < -0.39 is 9.84 Å². The van der Waals surface area contributed by atoms with E-state index in [1.807, 2.05) is 6.92 Å². The lowest BCUT2D eigenvalue weighted by atomic mass is 10.4. The first-order chi connectivity index (χ1) is 6.08. The summed E-state index contributed by atoms with van der Waals surface area (Å²) in [5, 5.41) is 0. The van der Waals surface area contributed by atoms with E-state index in [2.05, 4.69) is 6.58 Å². The molecule has 0 saturated heterocycles. The molecular formula is C9H15NO2S. The van der Waals surface area contributed by atoms with Gasteiger partial charge in [-0.2, -0.15) is 0 Å². The largest absolute Gasteiger partial charge is 0.317 e. The molecule has 0 aliphatic carbocycles. The zero-order valence-electron chi connectivity index (χ0n) is 7.73. The maximum absolute atomic E-state index is 11.3. The van der Waals surface area contributed by atoms with Crippen molar-refractivity contribution in [3.63, 3.8) is 0 Å². The minimum Gasteiger partial charge on any atom is -0.317 e. The SMILES string of the molecule is C=C/C=C(\C=C/CC)S(=O)(=O)CN. The maximum Gasteiger partial charge on any atom is 0.191 e. The Balaban J connectivity index is 4.95. The van der Waals surface area contributed by atoms with Crippen LogP contribution < -0.4 is 5.73 Å². The second-order valence-corrected chi connectivity index (χ2v) is 4.43. The minimum atomic E-state index is -3.31. The molecule has 74 valence electrons. The summed E-state index contributed by atoms with van der Waals surface area (Å²) in [4.78, 5) is 0.215. The number of hydrogen-bond donors (Lipinski definition) is 1. The van der Waals surface area contributed by atoms with Crippen LogP contribution in [0.3, 0.4) is 0 Å². The lowest BCUT2D eigenvalue weighted by Gasteiger charge is -2.00. The highest BCUT2D eigenvalue weighted by molar-refractivity contribution is 7.95. The summed E-state index contributed by atoms with van der Waals surface area (Å²) in [6, 6.07) is 0. The van der Waals surface area contributed by atoms with Gasteiger partial charge < -0.3 is 5.73 Å². The molecule has 0 radical (unpaired) electrons. The maximum atomic E-state index is 11.3. The molecule has 0 amide bonds. The van der Waals surface area contributed by atoms with Gasteiger partial charge in [0.2, 0.25) is 0 Å². The van der Waals surface area contributed by atoms with E-state index in [0.29, 0.717) is 0 Å². The third-order valence-corrected chi connectivity index (χ3v) is 2.81. The average molecular weight is 201 g/mol. The van der Waals surface area contributed by atoms with Crippen LogP contribution in [0.5, 0.6) is 0 Å². The molecule has 0 aromatic carbocycles. The highest BCUT2D eigenvalue weighted by Crippen LogP contribution is 2.08. The molecule has 3 nitrogen and oxygen atoms in total. The van der Waals surface area contributed by atoms with Gasteiger partial charge in [-0.05, 0) is 18.6 Å². The van der Waals surface area contributed by atoms with Crippen LogP contribution in [0.4, 0.5) is 0 Å². The second-order valence-electron chi connectivity index (χ2n) is 2.40. The molecule has 0 aliphatic heterocycles. The first-order valence-corrected chi connectivity index (χ1v) is 5.65. The Morgan fingerprint density at radius 3 is 2.54 bits per heavy atom. The molecule has 2 N–H and O–H groups in total. The summed E-state index contributed by atoms with van der Waals surface area (Å²) in [5.74, 6) is -0.374. The van der Waals surface area contributed by atoms with E-state index >= 15 is 0 Å². The fourth-order valence-corrected chi connectivity index (χ4v) is 1.51. The standard InChI is InChI=1S/C9H15NO2S/c1-3-5-7-9(6-4-2)13(11,12)8-10/h4-7H,2-3,8,10H2,1H3/b7-5-,9-6+. The summed E-state index contributed by atoms with van der Waals surface area (Å²) in [6.07, 6.45) is 6.97. The van der Waals surface area contributed by atoms with Gasteiger partial charge in [-0.15, -0.1) is 0 Å². The first-order valence-electron chi connectivity index (χ1n) is 4.00. The van der Waals surface area contributed by atoms with E-state index in [4.69, 9.17) is 5.73 Å². The molecular weight excluding hydrogens is 186 g/mol. The Hall–Kier alpha value is -0.870. The van der Waals surface area contributed by atoms with Crippen LogP contribution in [-0.4, -0.2) is 14.3 Å². The van der Waals surface area contributed by atoms with Gasteiger partial charge in [0.05, 0.1) is 4.91 Å². The van der Waals surface area contributed by atoms with E-state index in [9.17, 15) is 8.42 Å². The summed E-state index contributed by atoms with van der Waals surface area (Å²) in [5.41, 5.74) is 5.11. The van der Waals surface area contributed by atoms with Crippen LogP contribution in [-0.2, 0) is 9.84 Å². The monoisotopic (exact) mass is 201 g/mol. The molecule has 0 aromatic heterocycles. The van der Waals surface area contributed by atoms with Crippen LogP contribution in [0.25, 0.3) is 0 Å². The molecule has 13 heavy (non-hydrogen) atoms. The van der Waals surface area contributed by atoms with Crippen LogP contribution in [0.1, 0.15) is 13.3 Å². The Morgan fingerprint density at radius 2 is 2.15 bits per heavy atom. The van der Waals surface area contributed by atoms with Crippen molar-refractivity contribution in [2.24, 2.45) is 5.73 Å². The zero-order valence-corrected chi connectivity index (χ0v) is 8.55. The van der Waals surface area contributed by atoms with Gasteiger partial charge >= 0.3 is 0 Å². The fraction of sp³-hybridized carbons (Fsp3) is 0.333. The Kier molecular flexibility index (Phi) is 5.34. The van der Waals surface area contributed by atoms with Crippen molar-refractivity contribution >= 4 is 9.84 Å². The number of hydrogen-bond acceptors (Lipinski definition) is 3. The predicted molar refractivity (Wildman–Crippen MR) is 55.7 cm³/mol. The second kappa shape index (κ2) is 5.72. The first kappa shape index (κ1) is 12.1. The van der Waals surface area contributed by atoms with Gasteiger partial charge in [0, 0.05) is 0 Å². The van der Waals surface area contributed by atoms with Crippen molar-refractivity contribution < 1.29 is 8.42 Å². The molecule has 0 spiro atoms. The van der Waals surface area contributed by atoms with Crippen molar-refractivity contribution in [3.05, 3.63) is 35.8 Å². The Labute approximate surface area is 79.6 Å². The summed E-state index contributed by atoms with van der Waals surface area (Å²) in [7, 11) is -3.31. The third-order valence-electron chi connectivity index (χ3n) is 1.38. The topological polar surface area (TPSA) is 60.2 Å². The van der Waals surface area contributed by atoms with Gasteiger partial charge in [0.15, 0.2) is 9.84 Å². The van der Waals surface area contributed by atoms with Gasteiger partial charge in [-0.3, -0.25) is 0 Å². The van der Waals surface area contributed by atoms with Crippen LogP contribution in [0, 0.1) is 0 Å². The van der Waals surface area contributed by atoms with Crippen molar-refractivity contribution in [2.45, 2.75) is 13.3 Å². The number of nitrogens with two attached hydrogens (primary N) is 1. The highest BCUT2D eigenvalue weighted by Gasteiger charge is 2.10. The Morgan fingerprint density at radius 1 is 1.54 bits per heavy atom. The van der Waals surface area contributed by atoms with Crippen LogP contribution in [0.2, 0.25) is 0 Å². The highest BCUT2D eigenvalue weighted by atomic mass is 32.2. The average Bonchev–Trinajstić information content (AvgIpc) is 2.12. The van der Waals surface area contributed by atoms with Crippen LogP contribution >= 0.6 is 0 Å². The lowest BCUT2D eigenvalue weighted by molar-refractivity contribution is 0.603. The lowest BCUT2D eigenvalue weighted by Crippen LogP contribution is -2.15. The molecule has 0 unspecified atom stereocenters. The number of rotatable bonds is 5. The molecule has 0 saturated carbocycles. The molecule has 0 rings (SSSR count).